The van der Waals surface area contributed by atoms with Crippen LogP contribution in [-0.2, 0) is 0 Å². The number of hydrogen-bond donors (Lipinski definition) is 0. The van der Waals surface area contributed by atoms with E-state index in [0.717, 1.165) is 32.3 Å². The SMILES string of the molecule is Cc1ccc(C(=O)C(Sc2nnc(-c3sc(C)nc3C)o2)c2ccc(C)cc2)cc1. The van der Waals surface area contributed by atoms with Crippen LogP contribution in [0.3, 0.4) is 0 Å². The average Bonchev–Trinajstić information content (AvgIpc) is 3.32. The van der Waals surface area contributed by atoms with Gasteiger partial charge in [0.15, 0.2) is 5.78 Å². The summed E-state index contributed by atoms with van der Waals surface area (Å²) in [5.74, 6) is 0.444. The molecule has 0 N–H and O–H groups in total. The normalized spacial score (nSPS) is 12.1. The maximum atomic E-state index is 13.4. The second kappa shape index (κ2) is 8.53. The van der Waals surface area contributed by atoms with Gasteiger partial charge in [0.25, 0.3) is 11.1 Å². The fourth-order valence-electron chi connectivity index (χ4n) is 3.06. The van der Waals surface area contributed by atoms with Crippen LogP contribution in [0.25, 0.3) is 10.8 Å². The van der Waals surface area contributed by atoms with Crippen molar-refractivity contribution in [2.45, 2.75) is 38.2 Å². The van der Waals surface area contributed by atoms with E-state index in [4.69, 9.17) is 4.42 Å². The van der Waals surface area contributed by atoms with Crippen LogP contribution in [-0.4, -0.2) is 21.0 Å². The number of thiazole rings is 1. The Morgan fingerprint density at radius 3 is 2.17 bits per heavy atom. The molecule has 0 aliphatic carbocycles. The van der Waals surface area contributed by atoms with Gasteiger partial charge in [0, 0.05) is 5.56 Å². The molecule has 2 heterocycles. The number of aryl methyl sites for hydroxylation is 4. The molecule has 0 saturated heterocycles. The van der Waals surface area contributed by atoms with Crippen LogP contribution in [0, 0.1) is 27.7 Å². The maximum absolute atomic E-state index is 13.4. The van der Waals surface area contributed by atoms with Crippen molar-refractivity contribution in [3.05, 3.63) is 81.5 Å². The molecule has 1 unspecified atom stereocenters. The summed E-state index contributed by atoms with van der Waals surface area (Å²) in [6.07, 6.45) is 0. The van der Waals surface area contributed by atoms with Crippen molar-refractivity contribution < 1.29 is 9.21 Å². The number of nitrogens with zero attached hydrogens (tertiary/aromatic N) is 3. The van der Waals surface area contributed by atoms with E-state index in [1.165, 1.54) is 23.1 Å². The fourth-order valence-corrected chi connectivity index (χ4v) is 4.86. The first-order chi connectivity index (χ1) is 14.4. The molecular formula is C23H21N3O2S2. The molecule has 152 valence electrons. The lowest BCUT2D eigenvalue weighted by Gasteiger charge is -2.14. The number of Topliss-reactive ketones (excluding diaryl/α,β-unsaturated/α-hetero) is 1. The summed E-state index contributed by atoms with van der Waals surface area (Å²) in [5.41, 5.74) is 4.68. The highest BCUT2D eigenvalue weighted by molar-refractivity contribution is 8.00. The topological polar surface area (TPSA) is 68.9 Å². The predicted octanol–water partition coefficient (Wildman–Crippen LogP) is 6.14. The summed E-state index contributed by atoms with van der Waals surface area (Å²) in [4.78, 5) is 18.6. The Morgan fingerprint density at radius 2 is 1.57 bits per heavy atom. The minimum atomic E-state index is -0.481. The van der Waals surface area contributed by atoms with Crippen molar-refractivity contribution >= 4 is 28.9 Å². The Hall–Kier alpha value is -2.77. The van der Waals surface area contributed by atoms with Crippen LogP contribution in [0.4, 0.5) is 0 Å². The second-order valence-electron chi connectivity index (χ2n) is 7.16. The summed E-state index contributed by atoms with van der Waals surface area (Å²) < 4.78 is 5.90. The van der Waals surface area contributed by atoms with Gasteiger partial charge in [-0.3, -0.25) is 4.79 Å². The third-order valence-electron chi connectivity index (χ3n) is 4.68. The molecule has 0 amide bonds. The number of thioether (sulfide) groups is 1. The van der Waals surface area contributed by atoms with E-state index >= 15 is 0 Å². The quantitative estimate of drug-likeness (QED) is 0.267. The van der Waals surface area contributed by atoms with Crippen molar-refractivity contribution in [3.8, 4) is 10.8 Å². The van der Waals surface area contributed by atoms with Gasteiger partial charge in [-0.2, -0.15) is 0 Å². The Labute approximate surface area is 183 Å². The molecule has 4 aromatic rings. The van der Waals surface area contributed by atoms with Gasteiger partial charge in [0.2, 0.25) is 0 Å². The number of ketones is 1. The molecule has 2 aromatic heterocycles. The van der Waals surface area contributed by atoms with E-state index in [1.54, 1.807) is 0 Å². The molecule has 30 heavy (non-hydrogen) atoms. The van der Waals surface area contributed by atoms with Crippen molar-refractivity contribution in [3.63, 3.8) is 0 Å². The molecule has 0 saturated carbocycles. The molecule has 1 atom stereocenters. The van der Waals surface area contributed by atoms with Crippen LogP contribution in [0.1, 0.15) is 43.0 Å². The number of hydrogen-bond acceptors (Lipinski definition) is 7. The Balaban J connectivity index is 1.66. The monoisotopic (exact) mass is 435 g/mol. The van der Waals surface area contributed by atoms with Gasteiger partial charge < -0.3 is 4.42 Å². The first-order valence-corrected chi connectivity index (χ1v) is 11.2. The largest absolute Gasteiger partial charge is 0.410 e. The van der Waals surface area contributed by atoms with Crippen molar-refractivity contribution in [2.24, 2.45) is 0 Å². The van der Waals surface area contributed by atoms with Crippen molar-refractivity contribution in [2.75, 3.05) is 0 Å². The zero-order valence-corrected chi connectivity index (χ0v) is 18.8. The highest BCUT2D eigenvalue weighted by Gasteiger charge is 2.26. The molecular weight excluding hydrogens is 414 g/mol. The van der Waals surface area contributed by atoms with Gasteiger partial charge in [0.1, 0.15) is 10.1 Å². The van der Waals surface area contributed by atoms with E-state index < -0.39 is 5.25 Å². The van der Waals surface area contributed by atoms with E-state index in [1.807, 2.05) is 76.2 Å². The number of carbonyl (C=O) groups is 1. The summed E-state index contributed by atoms with van der Waals surface area (Å²) >= 11 is 2.80. The summed E-state index contributed by atoms with van der Waals surface area (Å²) in [7, 11) is 0. The number of benzene rings is 2. The average molecular weight is 436 g/mol. The lowest BCUT2D eigenvalue weighted by molar-refractivity contribution is 0.0989. The third kappa shape index (κ3) is 4.37. The van der Waals surface area contributed by atoms with Gasteiger partial charge >= 0.3 is 0 Å². The Bertz CT molecular complexity index is 1180. The van der Waals surface area contributed by atoms with Gasteiger partial charge in [-0.15, -0.1) is 21.5 Å². The Morgan fingerprint density at radius 1 is 0.933 bits per heavy atom. The predicted molar refractivity (Wildman–Crippen MR) is 120 cm³/mol. The number of rotatable bonds is 6. The van der Waals surface area contributed by atoms with Crippen LogP contribution in [0.2, 0.25) is 0 Å². The summed E-state index contributed by atoms with van der Waals surface area (Å²) in [6.45, 7) is 7.90. The van der Waals surface area contributed by atoms with Crippen molar-refractivity contribution in [1.29, 1.82) is 0 Å². The van der Waals surface area contributed by atoms with E-state index in [2.05, 4.69) is 15.2 Å². The van der Waals surface area contributed by atoms with Gasteiger partial charge in [-0.25, -0.2) is 4.98 Å². The molecule has 4 rings (SSSR count). The molecule has 0 bridgehead atoms. The molecule has 0 fully saturated rings. The third-order valence-corrected chi connectivity index (χ3v) is 6.83. The van der Waals surface area contributed by atoms with Crippen LogP contribution in [0.15, 0.2) is 58.2 Å². The molecule has 0 radical (unpaired) electrons. The van der Waals surface area contributed by atoms with E-state index in [9.17, 15) is 4.79 Å². The lowest BCUT2D eigenvalue weighted by Crippen LogP contribution is -2.10. The summed E-state index contributed by atoms with van der Waals surface area (Å²) in [6, 6.07) is 15.6. The summed E-state index contributed by atoms with van der Waals surface area (Å²) in [5, 5.41) is 9.20. The number of aromatic nitrogens is 3. The fraction of sp³-hybridized carbons (Fsp3) is 0.217. The van der Waals surface area contributed by atoms with Crippen LogP contribution in [0.5, 0.6) is 0 Å². The highest BCUT2D eigenvalue weighted by Crippen LogP contribution is 2.39. The Kier molecular flexibility index (Phi) is 5.83. The molecule has 0 aliphatic heterocycles. The lowest BCUT2D eigenvalue weighted by atomic mass is 10.0. The zero-order chi connectivity index (χ0) is 21.3. The molecule has 0 aliphatic rings. The molecule has 2 aromatic carbocycles. The maximum Gasteiger partial charge on any atom is 0.277 e. The molecule has 0 spiro atoms. The van der Waals surface area contributed by atoms with Crippen molar-refractivity contribution in [1.82, 2.24) is 15.2 Å². The number of carbonyl (C=O) groups excluding carboxylic acids is 1. The smallest absolute Gasteiger partial charge is 0.277 e. The van der Waals surface area contributed by atoms with Crippen LogP contribution < -0.4 is 0 Å². The second-order valence-corrected chi connectivity index (χ2v) is 9.42. The van der Waals surface area contributed by atoms with Gasteiger partial charge in [-0.05, 0) is 45.0 Å². The zero-order valence-electron chi connectivity index (χ0n) is 17.2. The van der Waals surface area contributed by atoms with Gasteiger partial charge in [0.05, 0.1) is 10.7 Å². The minimum Gasteiger partial charge on any atom is -0.410 e. The van der Waals surface area contributed by atoms with E-state index in [-0.39, 0.29) is 5.78 Å². The standard InChI is InChI=1S/C23H21N3O2S2/c1-13-5-9-17(10-6-13)19(27)21(18-11-7-14(2)8-12-18)30-23-26-25-22(28-23)20-15(3)24-16(4)29-20/h5-12,21H,1-4H3. The minimum absolute atomic E-state index is 0.00779. The van der Waals surface area contributed by atoms with Gasteiger partial charge in [-0.1, -0.05) is 59.7 Å². The van der Waals surface area contributed by atoms with E-state index in [0.29, 0.717) is 16.7 Å². The molecule has 7 heteroatoms. The highest BCUT2D eigenvalue weighted by atomic mass is 32.2. The van der Waals surface area contributed by atoms with Crippen LogP contribution >= 0.6 is 23.1 Å². The molecule has 5 nitrogen and oxygen atoms in total. The first kappa shape index (κ1) is 20.5. The first-order valence-electron chi connectivity index (χ1n) is 9.52.